The molecule has 35 heavy (non-hydrogen) atoms. The van der Waals surface area contributed by atoms with Crippen LogP contribution in [0.4, 0.5) is 5.69 Å². The summed E-state index contributed by atoms with van der Waals surface area (Å²) in [6, 6.07) is 22.9. The van der Waals surface area contributed by atoms with E-state index in [0.29, 0.717) is 16.5 Å². The van der Waals surface area contributed by atoms with Crippen LogP contribution < -0.4 is 10.6 Å². The molecular weight excluding hydrogens is 498 g/mol. The Balaban J connectivity index is 1.29. The number of fused-ring (bicyclic) bond motifs is 1. The summed E-state index contributed by atoms with van der Waals surface area (Å²) in [5, 5.41) is 7.12. The van der Waals surface area contributed by atoms with E-state index in [0.717, 1.165) is 31.9 Å². The number of para-hydroxylation sites is 1. The van der Waals surface area contributed by atoms with Crippen molar-refractivity contribution in [3.8, 4) is 21.9 Å². The van der Waals surface area contributed by atoms with Crippen molar-refractivity contribution < 1.29 is 9.21 Å². The van der Waals surface area contributed by atoms with Crippen LogP contribution in [0.25, 0.3) is 32.1 Å². The van der Waals surface area contributed by atoms with Crippen molar-refractivity contribution in [3.05, 3.63) is 94.7 Å². The first-order valence-electron chi connectivity index (χ1n) is 10.8. The highest BCUT2D eigenvalue weighted by Gasteiger charge is 2.15. The van der Waals surface area contributed by atoms with Gasteiger partial charge in [0, 0.05) is 11.1 Å². The molecule has 0 aliphatic carbocycles. The molecule has 0 spiro atoms. The number of anilines is 1. The minimum Gasteiger partial charge on any atom is -0.451 e. The number of furan rings is 1. The minimum atomic E-state index is -0.448. The quantitative estimate of drug-likeness (QED) is 0.240. The lowest BCUT2D eigenvalue weighted by Crippen LogP contribution is -2.34. The summed E-state index contributed by atoms with van der Waals surface area (Å²) >= 11 is 13.3. The first-order valence-corrected chi connectivity index (χ1v) is 12.4. The second kappa shape index (κ2) is 9.62. The summed E-state index contributed by atoms with van der Waals surface area (Å²) in [4.78, 5) is 17.4. The summed E-state index contributed by atoms with van der Waals surface area (Å²) in [6.45, 7) is 4.09. The predicted molar refractivity (Wildman–Crippen MR) is 147 cm³/mol. The zero-order chi connectivity index (χ0) is 24.5. The number of halogens is 1. The number of amides is 1. The van der Waals surface area contributed by atoms with Gasteiger partial charge < -0.3 is 9.73 Å². The number of nitrogens with one attached hydrogen (secondary N) is 2. The highest BCUT2D eigenvalue weighted by atomic mass is 35.5. The molecule has 2 N–H and O–H groups in total. The number of rotatable bonds is 4. The molecule has 0 saturated carbocycles. The second-order valence-electron chi connectivity index (χ2n) is 8.05. The largest absolute Gasteiger partial charge is 0.451 e. The number of benzene rings is 3. The number of aromatic nitrogens is 1. The molecule has 2 aromatic heterocycles. The van der Waals surface area contributed by atoms with E-state index in [2.05, 4.69) is 17.6 Å². The van der Waals surface area contributed by atoms with Crippen molar-refractivity contribution in [1.82, 2.24) is 10.3 Å². The average molecular weight is 518 g/mol. The van der Waals surface area contributed by atoms with E-state index >= 15 is 0 Å². The molecule has 0 radical (unpaired) electrons. The van der Waals surface area contributed by atoms with Gasteiger partial charge in [0.15, 0.2) is 10.9 Å². The fourth-order valence-corrected chi connectivity index (χ4v) is 4.91. The predicted octanol–water partition coefficient (Wildman–Crippen LogP) is 7.62. The Morgan fingerprint density at radius 2 is 1.77 bits per heavy atom. The molecule has 0 unspecified atom stereocenters. The Kier molecular flexibility index (Phi) is 6.38. The molecule has 5 nitrogen and oxygen atoms in total. The molecule has 8 heteroatoms. The Hall–Kier alpha value is -3.52. The molecule has 2 heterocycles. The highest BCUT2D eigenvalue weighted by molar-refractivity contribution is 7.80. The van der Waals surface area contributed by atoms with Gasteiger partial charge in [0.25, 0.3) is 5.91 Å². The highest BCUT2D eigenvalue weighted by Crippen LogP contribution is 2.34. The van der Waals surface area contributed by atoms with E-state index in [1.807, 2.05) is 61.5 Å². The van der Waals surface area contributed by atoms with Crippen molar-refractivity contribution in [2.24, 2.45) is 0 Å². The van der Waals surface area contributed by atoms with E-state index in [4.69, 9.17) is 33.2 Å². The van der Waals surface area contributed by atoms with Crippen molar-refractivity contribution in [1.29, 1.82) is 0 Å². The van der Waals surface area contributed by atoms with Crippen molar-refractivity contribution in [3.63, 3.8) is 0 Å². The first kappa shape index (κ1) is 23.2. The Labute approximate surface area is 216 Å². The molecule has 3 aromatic carbocycles. The summed E-state index contributed by atoms with van der Waals surface area (Å²) in [7, 11) is 0. The molecule has 0 atom stereocenters. The van der Waals surface area contributed by atoms with Gasteiger partial charge in [-0.15, -0.1) is 11.3 Å². The van der Waals surface area contributed by atoms with Gasteiger partial charge in [-0.25, -0.2) is 4.98 Å². The van der Waals surface area contributed by atoms with Gasteiger partial charge >= 0.3 is 0 Å². The molecule has 5 aromatic rings. The minimum absolute atomic E-state index is 0.113. The molecule has 0 saturated heterocycles. The lowest BCUT2D eigenvalue weighted by molar-refractivity contribution is 0.0951. The zero-order valence-electron chi connectivity index (χ0n) is 18.9. The first-order chi connectivity index (χ1) is 16.9. The second-order valence-corrected chi connectivity index (χ2v) is 9.90. The van der Waals surface area contributed by atoms with Crippen LogP contribution in [0.1, 0.15) is 21.7 Å². The maximum absolute atomic E-state index is 12.7. The van der Waals surface area contributed by atoms with Crippen molar-refractivity contribution >= 4 is 62.1 Å². The lowest BCUT2D eigenvalue weighted by atomic mass is 10.1. The number of carbonyl (C=O) groups is 1. The fraction of sp³-hybridized carbons (Fsp3) is 0.0741. The molecule has 174 valence electrons. The van der Waals surface area contributed by atoms with Crippen LogP contribution in [-0.2, 0) is 0 Å². The van der Waals surface area contributed by atoms with Gasteiger partial charge in [-0.1, -0.05) is 41.9 Å². The van der Waals surface area contributed by atoms with Gasteiger partial charge in [0.2, 0.25) is 0 Å². The van der Waals surface area contributed by atoms with Crippen LogP contribution in [0.15, 0.2) is 77.2 Å². The van der Waals surface area contributed by atoms with E-state index in [9.17, 15) is 4.79 Å². The van der Waals surface area contributed by atoms with Gasteiger partial charge in [-0.3, -0.25) is 10.1 Å². The average Bonchev–Trinajstić information content (AvgIpc) is 3.50. The maximum Gasteiger partial charge on any atom is 0.293 e. The van der Waals surface area contributed by atoms with Crippen LogP contribution in [0.2, 0.25) is 5.02 Å². The van der Waals surface area contributed by atoms with Gasteiger partial charge in [0.1, 0.15) is 10.8 Å². The molecule has 1 amide bonds. The number of nitrogens with zero attached hydrogens (tertiary/aromatic N) is 1. The summed E-state index contributed by atoms with van der Waals surface area (Å²) in [5.74, 6) is 0.330. The van der Waals surface area contributed by atoms with E-state index < -0.39 is 5.91 Å². The fourth-order valence-electron chi connectivity index (χ4n) is 3.58. The molecule has 0 aliphatic heterocycles. The van der Waals surface area contributed by atoms with Crippen LogP contribution in [0.3, 0.4) is 0 Å². The van der Waals surface area contributed by atoms with Crippen molar-refractivity contribution in [2.75, 3.05) is 5.32 Å². The third-order valence-electron chi connectivity index (χ3n) is 5.60. The van der Waals surface area contributed by atoms with Crippen molar-refractivity contribution in [2.45, 2.75) is 13.8 Å². The molecule has 0 bridgehead atoms. The monoisotopic (exact) mass is 517 g/mol. The third-order valence-corrected chi connectivity index (χ3v) is 7.22. The number of carbonyl (C=O) groups excluding carboxylic acids is 1. The summed E-state index contributed by atoms with van der Waals surface area (Å²) in [6.07, 6.45) is 0. The third kappa shape index (κ3) is 4.98. The molecule has 5 rings (SSSR count). The number of thiocarbonyl (C=S) groups is 1. The lowest BCUT2D eigenvalue weighted by Gasteiger charge is -2.11. The molecular formula is C27H20ClN3O2S2. The van der Waals surface area contributed by atoms with E-state index in [1.54, 1.807) is 29.5 Å². The smallest absolute Gasteiger partial charge is 0.293 e. The van der Waals surface area contributed by atoms with Gasteiger partial charge in [0.05, 0.1) is 20.9 Å². The topological polar surface area (TPSA) is 67.2 Å². The Morgan fingerprint density at radius 3 is 2.57 bits per heavy atom. The standard InChI is InChI=1S/C27H20ClN3O2S2/c1-15-7-8-17(13-16(15)2)22-11-12-23(33-22)25(32)31-27(34)30-21-14-18(9-10-19(21)28)26-29-20-5-3-4-6-24(20)35-26/h3-14H,1-2H3,(H2,30,31,32,34). The SMILES string of the molecule is Cc1ccc(-c2ccc(C(=O)NC(=S)Nc3cc(-c4nc5ccccc5s4)ccc3Cl)o2)cc1C. The number of thiazole rings is 1. The molecule has 0 fully saturated rings. The summed E-state index contributed by atoms with van der Waals surface area (Å²) in [5.41, 5.74) is 5.67. The summed E-state index contributed by atoms with van der Waals surface area (Å²) < 4.78 is 6.88. The normalized spacial score (nSPS) is 10.9. The maximum atomic E-state index is 12.7. The van der Waals surface area contributed by atoms with E-state index in [-0.39, 0.29) is 10.9 Å². The number of hydrogen-bond acceptors (Lipinski definition) is 5. The van der Waals surface area contributed by atoms with Gasteiger partial charge in [-0.05, 0) is 79.7 Å². The molecule has 0 aliphatic rings. The van der Waals surface area contributed by atoms with Crippen LogP contribution >= 0.6 is 35.2 Å². The number of aryl methyl sites for hydroxylation is 2. The Bertz CT molecular complexity index is 1560. The van der Waals surface area contributed by atoms with Crippen LogP contribution in [-0.4, -0.2) is 16.0 Å². The number of hydrogen-bond donors (Lipinski definition) is 2. The van der Waals surface area contributed by atoms with Crippen LogP contribution in [0.5, 0.6) is 0 Å². The zero-order valence-corrected chi connectivity index (χ0v) is 21.3. The van der Waals surface area contributed by atoms with Crippen LogP contribution in [0, 0.1) is 13.8 Å². The van der Waals surface area contributed by atoms with Gasteiger partial charge in [-0.2, -0.15) is 0 Å². The Morgan fingerprint density at radius 1 is 0.971 bits per heavy atom. The van der Waals surface area contributed by atoms with E-state index in [1.165, 1.54) is 5.56 Å².